The maximum Gasteiger partial charge on any atom is 0.326 e. The third-order valence-corrected chi connectivity index (χ3v) is 3.00. The quantitative estimate of drug-likeness (QED) is 0.770. The molecule has 1 aromatic carbocycles. The van der Waals surface area contributed by atoms with E-state index in [-0.39, 0.29) is 12.3 Å². The molecule has 0 heterocycles. The molecule has 0 saturated heterocycles. The summed E-state index contributed by atoms with van der Waals surface area (Å²) >= 11 is 0. The van der Waals surface area contributed by atoms with E-state index in [9.17, 15) is 9.59 Å². The predicted octanol–water partition coefficient (Wildman–Crippen LogP) is 2.24. The van der Waals surface area contributed by atoms with Crippen LogP contribution in [-0.4, -0.2) is 29.6 Å². The zero-order valence-electron chi connectivity index (χ0n) is 12.8. The average molecular weight is 293 g/mol. The first-order valence-corrected chi connectivity index (χ1v) is 7.10. The number of hydrogen-bond donors (Lipinski definition) is 2. The van der Waals surface area contributed by atoms with Crippen molar-refractivity contribution in [3.63, 3.8) is 0 Å². The molecule has 0 radical (unpaired) electrons. The molecule has 0 bridgehead atoms. The Morgan fingerprint density at radius 2 is 1.86 bits per heavy atom. The van der Waals surface area contributed by atoms with Crippen molar-refractivity contribution in [2.24, 2.45) is 5.92 Å². The second kappa shape index (κ2) is 8.29. The van der Waals surface area contributed by atoms with Crippen LogP contribution in [0.4, 0.5) is 0 Å². The summed E-state index contributed by atoms with van der Waals surface area (Å²) in [7, 11) is 0. The Morgan fingerprint density at radius 3 is 2.33 bits per heavy atom. The topological polar surface area (TPSA) is 75.6 Å². The molecule has 0 aliphatic rings. The van der Waals surface area contributed by atoms with E-state index in [0.717, 1.165) is 17.7 Å². The third-order valence-electron chi connectivity index (χ3n) is 3.00. The minimum atomic E-state index is -1.04. The van der Waals surface area contributed by atoms with Crippen molar-refractivity contribution in [2.45, 2.75) is 39.7 Å². The van der Waals surface area contributed by atoms with Crippen LogP contribution in [0.1, 0.15) is 32.8 Å². The molecule has 5 heteroatoms. The minimum Gasteiger partial charge on any atom is -0.494 e. The number of carbonyl (C=O) groups is 2. The Hall–Kier alpha value is -2.04. The van der Waals surface area contributed by atoms with Gasteiger partial charge in [-0.05, 0) is 30.0 Å². The first-order valence-electron chi connectivity index (χ1n) is 7.10. The zero-order chi connectivity index (χ0) is 15.8. The number of aliphatic carboxylic acids is 1. The van der Waals surface area contributed by atoms with Gasteiger partial charge in [-0.1, -0.05) is 26.0 Å². The van der Waals surface area contributed by atoms with Crippen LogP contribution < -0.4 is 10.1 Å². The highest BCUT2D eigenvalue weighted by atomic mass is 16.5. The van der Waals surface area contributed by atoms with Gasteiger partial charge in [0.05, 0.1) is 6.61 Å². The normalized spacial score (nSPS) is 12.0. The van der Waals surface area contributed by atoms with Crippen LogP contribution in [0.5, 0.6) is 5.75 Å². The average Bonchev–Trinajstić information content (AvgIpc) is 2.39. The number of nitrogens with one attached hydrogen (secondary N) is 1. The van der Waals surface area contributed by atoms with Crippen LogP contribution in [0.3, 0.4) is 0 Å². The highest BCUT2D eigenvalue weighted by Gasteiger charge is 2.18. The lowest BCUT2D eigenvalue weighted by Crippen LogP contribution is -2.41. The van der Waals surface area contributed by atoms with E-state index in [0.29, 0.717) is 12.5 Å². The van der Waals surface area contributed by atoms with Crippen LogP contribution in [0.15, 0.2) is 24.3 Å². The number of hydrogen-bond acceptors (Lipinski definition) is 3. The molecule has 2 N–H and O–H groups in total. The van der Waals surface area contributed by atoms with Crippen LogP contribution in [-0.2, 0) is 16.0 Å². The van der Waals surface area contributed by atoms with Gasteiger partial charge in [0.2, 0.25) is 5.91 Å². The number of ether oxygens (including phenoxy) is 1. The highest BCUT2D eigenvalue weighted by molar-refractivity contribution is 5.82. The molecule has 0 saturated carbocycles. The number of carboxylic acid groups (broad SMARTS) is 1. The van der Waals surface area contributed by atoms with E-state index in [1.54, 1.807) is 0 Å². The summed E-state index contributed by atoms with van der Waals surface area (Å²) in [4.78, 5) is 22.1. The van der Waals surface area contributed by atoms with Crippen LogP contribution >= 0.6 is 0 Å². The van der Waals surface area contributed by atoms with Gasteiger partial charge in [-0.25, -0.2) is 4.79 Å². The van der Waals surface area contributed by atoms with Gasteiger partial charge in [-0.15, -0.1) is 0 Å². The number of carboxylic acids is 1. The molecule has 1 amide bonds. The number of benzene rings is 1. The standard InChI is InChI=1S/C16H23NO4/c1-11(2)8-9-21-14-6-4-13(5-7-14)10-15(16(19)20)17-12(3)18/h4-7,11,15H,8-10H2,1-3H3,(H,17,18)(H,19,20). The summed E-state index contributed by atoms with van der Waals surface area (Å²) in [6.07, 6.45) is 1.24. The Labute approximate surface area is 125 Å². The van der Waals surface area contributed by atoms with Crippen molar-refractivity contribution in [3.8, 4) is 5.75 Å². The van der Waals surface area contributed by atoms with Gasteiger partial charge < -0.3 is 15.2 Å². The minimum absolute atomic E-state index is 0.251. The number of rotatable bonds is 8. The SMILES string of the molecule is CC(=O)NC(Cc1ccc(OCCC(C)C)cc1)C(=O)O. The van der Waals surface area contributed by atoms with E-state index in [2.05, 4.69) is 19.2 Å². The molecule has 0 aliphatic carbocycles. The van der Waals surface area contributed by atoms with Crippen molar-refractivity contribution in [1.29, 1.82) is 0 Å². The molecule has 1 aromatic rings. The fourth-order valence-electron chi connectivity index (χ4n) is 1.82. The zero-order valence-corrected chi connectivity index (χ0v) is 12.8. The number of carbonyl (C=O) groups excluding carboxylic acids is 1. The Morgan fingerprint density at radius 1 is 1.24 bits per heavy atom. The molecule has 0 aromatic heterocycles. The second-order valence-corrected chi connectivity index (χ2v) is 5.47. The first kappa shape index (κ1) is 17.0. The molecule has 0 spiro atoms. The Bertz CT molecular complexity index is 468. The summed E-state index contributed by atoms with van der Waals surface area (Å²) in [5.74, 6) is -0.0254. The molecule has 116 valence electrons. The van der Waals surface area contributed by atoms with Crippen LogP contribution in [0, 0.1) is 5.92 Å². The molecule has 0 fully saturated rings. The predicted molar refractivity (Wildman–Crippen MR) is 80.3 cm³/mol. The molecule has 21 heavy (non-hydrogen) atoms. The van der Waals surface area contributed by atoms with E-state index in [1.807, 2.05) is 24.3 Å². The molecular formula is C16H23NO4. The van der Waals surface area contributed by atoms with E-state index in [4.69, 9.17) is 9.84 Å². The van der Waals surface area contributed by atoms with E-state index in [1.165, 1.54) is 6.92 Å². The van der Waals surface area contributed by atoms with Gasteiger partial charge in [0.15, 0.2) is 0 Å². The van der Waals surface area contributed by atoms with Crippen molar-refractivity contribution in [1.82, 2.24) is 5.32 Å². The van der Waals surface area contributed by atoms with Crippen molar-refractivity contribution >= 4 is 11.9 Å². The summed E-state index contributed by atoms with van der Waals surface area (Å²) in [5.41, 5.74) is 0.840. The molecule has 1 unspecified atom stereocenters. The second-order valence-electron chi connectivity index (χ2n) is 5.47. The maximum absolute atomic E-state index is 11.1. The van der Waals surface area contributed by atoms with Gasteiger partial charge >= 0.3 is 5.97 Å². The first-order chi connectivity index (χ1) is 9.88. The van der Waals surface area contributed by atoms with Crippen LogP contribution in [0.2, 0.25) is 0 Å². The lowest BCUT2D eigenvalue weighted by molar-refractivity contribution is -0.141. The summed E-state index contributed by atoms with van der Waals surface area (Å²) < 4.78 is 5.60. The van der Waals surface area contributed by atoms with Crippen molar-refractivity contribution < 1.29 is 19.4 Å². The summed E-state index contributed by atoms with van der Waals surface area (Å²) in [6, 6.07) is 6.38. The fraction of sp³-hybridized carbons (Fsp3) is 0.500. The molecule has 1 rings (SSSR count). The lowest BCUT2D eigenvalue weighted by Gasteiger charge is -2.14. The van der Waals surface area contributed by atoms with Crippen molar-refractivity contribution in [2.75, 3.05) is 6.61 Å². The largest absolute Gasteiger partial charge is 0.494 e. The van der Waals surface area contributed by atoms with E-state index < -0.39 is 12.0 Å². The maximum atomic E-state index is 11.1. The Kier molecular flexibility index (Phi) is 6.72. The molecule has 5 nitrogen and oxygen atoms in total. The van der Waals surface area contributed by atoms with Gasteiger partial charge in [0.1, 0.15) is 11.8 Å². The molecule has 0 aliphatic heterocycles. The van der Waals surface area contributed by atoms with Gasteiger partial charge in [0.25, 0.3) is 0 Å². The third kappa shape index (κ3) is 6.79. The van der Waals surface area contributed by atoms with E-state index >= 15 is 0 Å². The van der Waals surface area contributed by atoms with Crippen LogP contribution in [0.25, 0.3) is 0 Å². The number of amides is 1. The fourth-order valence-corrected chi connectivity index (χ4v) is 1.82. The van der Waals surface area contributed by atoms with Gasteiger partial charge in [-0.2, -0.15) is 0 Å². The molecular weight excluding hydrogens is 270 g/mol. The monoisotopic (exact) mass is 293 g/mol. The summed E-state index contributed by atoms with van der Waals surface area (Å²) in [6.45, 7) is 6.25. The highest BCUT2D eigenvalue weighted by Crippen LogP contribution is 2.14. The summed E-state index contributed by atoms with van der Waals surface area (Å²) in [5, 5.41) is 11.5. The Balaban J connectivity index is 2.56. The smallest absolute Gasteiger partial charge is 0.326 e. The van der Waals surface area contributed by atoms with Crippen molar-refractivity contribution in [3.05, 3.63) is 29.8 Å². The van der Waals surface area contributed by atoms with Gasteiger partial charge in [-0.3, -0.25) is 4.79 Å². The molecule has 1 atom stereocenters. The van der Waals surface area contributed by atoms with Gasteiger partial charge in [0, 0.05) is 13.3 Å². The lowest BCUT2D eigenvalue weighted by atomic mass is 10.1.